The number of nitrogens with one attached hydrogen (secondary N) is 2. The molecule has 2 rings (SSSR count). The molecule has 0 aromatic heterocycles. The first-order chi connectivity index (χ1) is 9.95. The zero-order valence-electron chi connectivity index (χ0n) is 11.9. The summed E-state index contributed by atoms with van der Waals surface area (Å²) >= 11 is 0. The predicted octanol–water partition coefficient (Wildman–Crippen LogP) is 0.825. The maximum absolute atomic E-state index is 11.9. The van der Waals surface area contributed by atoms with Crippen LogP contribution < -0.4 is 10.6 Å². The highest BCUT2D eigenvalue weighted by Gasteiger charge is 2.28. The van der Waals surface area contributed by atoms with E-state index in [0.29, 0.717) is 17.8 Å². The van der Waals surface area contributed by atoms with Crippen LogP contribution in [0, 0.1) is 0 Å². The second-order valence-electron chi connectivity index (χ2n) is 4.85. The van der Waals surface area contributed by atoms with E-state index in [1.807, 2.05) is 0 Å². The Morgan fingerprint density at radius 1 is 1.33 bits per heavy atom. The number of benzene rings is 1. The Kier molecular flexibility index (Phi) is 4.42. The fourth-order valence-electron chi connectivity index (χ4n) is 1.97. The molecule has 112 valence electrons. The zero-order valence-corrected chi connectivity index (χ0v) is 11.9. The Morgan fingerprint density at radius 2 is 2.00 bits per heavy atom. The van der Waals surface area contributed by atoms with Gasteiger partial charge in [-0.25, -0.2) is 4.79 Å². The minimum Gasteiger partial charge on any atom is -0.442 e. The molecule has 7 nitrogen and oxygen atoms in total. The van der Waals surface area contributed by atoms with Gasteiger partial charge in [0, 0.05) is 25.2 Å². The van der Waals surface area contributed by atoms with Crippen molar-refractivity contribution in [3.63, 3.8) is 0 Å². The van der Waals surface area contributed by atoms with E-state index >= 15 is 0 Å². The van der Waals surface area contributed by atoms with Crippen LogP contribution in [0.1, 0.15) is 17.3 Å². The molecule has 0 bridgehead atoms. The number of ether oxygens (including phenoxy) is 1. The van der Waals surface area contributed by atoms with Crippen LogP contribution in [0.4, 0.5) is 10.5 Å². The third-order valence-electron chi connectivity index (χ3n) is 3.01. The van der Waals surface area contributed by atoms with Crippen LogP contribution >= 0.6 is 0 Å². The summed E-state index contributed by atoms with van der Waals surface area (Å²) in [4.78, 5) is 35.5. The molecule has 1 aliphatic heterocycles. The largest absolute Gasteiger partial charge is 0.442 e. The normalized spacial score (nSPS) is 17.3. The van der Waals surface area contributed by atoms with Gasteiger partial charge in [0.2, 0.25) is 5.91 Å². The van der Waals surface area contributed by atoms with Crippen molar-refractivity contribution in [1.82, 2.24) is 10.2 Å². The Labute approximate surface area is 122 Å². The van der Waals surface area contributed by atoms with E-state index in [-0.39, 0.29) is 30.6 Å². The number of rotatable bonds is 4. The van der Waals surface area contributed by atoms with Crippen LogP contribution in [0.15, 0.2) is 24.3 Å². The minimum absolute atomic E-state index is 0.167. The van der Waals surface area contributed by atoms with Gasteiger partial charge in [-0.3, -0.25) is 9.59 Å². The van der Waals surface area contributed by atoms with Crippen molar-refractivity contribution in [2.24, 2.45) is 0 Å². The van der Waals surface area contributed by atoms with Crippen molar-refractivity contribution in [2.45, 2.75) is 13.0 Å². The Hall–Kier alpha value is -2.57. The second kappa shape index (κ2) is 6.25. The topological polar surface area (TPSA) is 87.7 Å². The second-order valence-corrected chi connectivity index (χ2v) is 4.85. The van der Waals surface area contributed by atoms with Crippen LogP contribution in [0.25, 0.3) is 0 Å². The lowest BCUT2D eigenvalue weighted by Crippen LogP contribution is -2.34. The molecule has 0 saturated carbocycles. The number of amides is 3. The van der Waals surface area contributed by atoms with Crippen LogP contribution in [0.3, 0.4) is 0 Å². The van der Waals surface area contributed by atoms with E-state index in [4.69, 9.17) is 4.74 Å². The van der Waals surface area contributed by atoms with Crippen molar-refractivity contribution in [1.29, 1.82) is 0 Å². The third kappa shape index (κ3) is 3.95. The number of anilines is 1. The van der Waals surface area contributed by atoms with Gasteiger partial charge in [0.15, 0.2) is 0 Å². The molecule has 1 atom stereocenters. The number of likely N-dealkylation sites (N-methyl/N-ethyl adjacent to an activating group) is 1. The molecular weight excluding hydrogens is 274 g/mol. The molecule has 1 aromatic carbocycles. The molecule has 1 unspecified atom stereocenters. The Balaban J connectivity index is 1.86. The fourth-order valence-corrected chi connectivity index (χ4v) is 1.97. The SMILES string of the molecule is CC(=O)Nc1ccc(C(=O)NCC2CN(C)C(=O)O2)cc1. The predicted molar refractivity (Wildman–Crippen MR) is 76.0 cm³/mol. The number of hydrogen-bond acceptors (Lipinski definition) is 4. The van der Waals surface area contributed by atoms with E-state index in [1.165, 1.54) is 11.8 Å². The van der Waals surface area contributed by atoms with Crippen molar-refractivity contribution in [2.75, 3.05) is 25.5 Å². The third-order valence-corrected chi connectivity index (χ3v) is 3.01. The molecular formula is C14H17N3O4. The van der Waals surface area contributed by atoms with Gasteiger partial charge in [0.1, 0.15) is 6.10 Å². The number of cyclic esters (lactones) is 1. The van der Waals surface area contributed by atoms with Gasteiger partial charge >= 0.3 is 6.09 Å². The smallest absolute Gasteiger partial charge is 0.410 e. The number of carbonyl (C=O) groups is 3. The van der Waals surface area contributed by atoms with E-state index in [2.05, 4.69) is 10.6 Å². The molecule has 1 aromatic rings. The standard InChI is InChI=1S/C14H17N3O4/c1-9(18)16-11-5-3-10(4-6-11)13(19)15-7-12-8-17(2)14(20)21-12/h3-6,12H,7-8H2,1-2H3,(H,15,19)(H,16,18). The van der Waals surface area contributed by atoms with Gasteiger partial charge in [-0.15, -0.1) is 0 Å². The van der Waals surface area contributed by atoms with E-state index in [0.717, 1.165) is 0 Å². The van der Waals surface area contributed by atoms with Crippen molar-refractivity contribution >= 4 is 23.6 Å². The average Bonchev–Trinajstić information content (AvgIpc) is 2.75. The number of carbonyl (C=O) groups excluding carboxylic acids is 3. The van der Waals surface area contributed by atoms with E-state index < -0.39 is 0 Å². The zero-order chi connectivity index (χ0) is 15.4. The van der Waals surface area contributed by atoms with E-state index in [9.17, 15) is 14.4 Å². The summed E-state index contributed by atoms with van der Waals surface area (Å²) in [5.74, 6) is -0.422. The van der Waals surface area contributed by atoms with Gasteiger partial charge in [-0.2, -0.15) is 0 Å². The first kappa shape index (κ1) is 14.8. The lowest BCUT2D eigenvalue weighted by molar-refractivity contribution is -0.114. The summed E-state index contributed by atoms with van der Waals surface area (Å²) in [6.07, 6.45) is -0.709. The molecule has 0 aliphatic carbocycles. The lowest BCUT2D eigenvalue weighted by atomic mass is 10.2. The highest BCUT2D eigenvalue weighted by atomic mass is 16.6. The van der Waals surface area contributed by atoms with Gasteiger partial charge in [0.25, 0.3) is 5.91 Å². The summed E-state index contributed by atoms with van der Waals surface area (Å²) in [5, 5.41) is 5.34. The van der Waals surface area contributed by atoms with Crippen LogP contribution in [-0.4, -0.2) is 49.0 Å². The molecule has 1 aliphatic rings. The quantitative estimate of drug-likeness (QED) is 0.860. The number of nitrogens with zero attached hydrogens (tertiary/aromatic N) is 1. The lowest BCUT2D eigenvalue weighted by Gasteiger charge is -2.10. The van der Waals surface area contributed by atoms with Crippen LogP contribution in [0.2, 0.25) is 0 Å². The molecule has 1 saturated heterocycles. The summed E-state index contributed by atoms with van der Waals surface area (Å²) in [6.45, 7) is 2.14. The Morgan fingerprint density at radius 3 is 2.52 bits per heavy atom. The first-order valence-electron chi connectivity index (χ1n) is 6.53. The summed E-state index contributed by atoms with van der Waals surface area (Å²) < 4.78 is 5.05. The van der Waals surface area contributed by atoms with Crippen LogP contribution in [-0.2, 0) is 9.53 Å². The minimum atomic E-state index is -0.381. The molecule has 3 amide bonds. The Bertz CT molecular complexity index is 556. The molecule has 1 heterocycles. The first-order valence-corrected chi connectivity index (χ1v) is 6.53. The van der Waals surface area contributed by atoms with Crippen molar-refractivity contribution < 1.29 is 19.1 Å². The molecule has 7 heteroatoms. The molecule has 1 fully saturated rings. The van der Waals surface area contributed by atoms with Crippen molar-refractivity contribution in [3.05, 3.63) is 29.8 Å². The summed E-state index contributed by atoms with van der Waals surface area (Å²) in [5.41, 5.74) is 1.10. The monoisotopic (exact) mass is 291 g/mol. The molecule has 21 heavy (non-hydrogen) atoms. The highest BCUT2D eigenvalue weighted by molar-refractivity contribution is 5.95. The van der Waals surface area contributed by atoms with Crippen molar-refractivity contribution in [3.8, 4) is 0 Å². The molecule has 2 N–H and O–H groups in total. The van der Waals surface area contributed by atoms with Gasteiger partial charge in [0.05, 0.1) is 13.1 Å². The summed E-state index contributed by atoms with van der Waals surface area (Å²) in [7, 11) is 1.64. The van der Waals surface area contributed by atoms with E-state index in [1.54, 1.807) is 31.3 Å². The molecule has 0 radical (unpaired) electrons. The van der Waals surface area contributed by atoms with Gasteiger partial charge in [-0.05, 0) is 24.3 Å². The highest BCUT2D eigenvalue weighted by Crippen LogP contribution is 2.10. The van der Waals surface area contributed by atoms with Gasteiger partial charge in [-0.1, -0.05) is 0 Å². The number of hydrogen-bond donors (Lipinski definition) is 2. The summed E-state index contributed by atoms with van der Waals surface area (Å²) in [6, 6.07) is 6.54. The van der Waals surface area contributed by atoms with Gasteiger partial charge < -0.3 is 20.3 Å². The fraction of sp³-hybridized carbons (Fsp3) is 0.357. The maximum atomic E-state index is 11.9. The average molecular weight is 291 g/mol. The maximum Gasteiger partial charge on any atom is 0.410 e. The van der Waals surface area contributed by atoms with Crippen LogP contribution in [0.5, 0.6) is 0 Å². The molecule has 0 spiro atoms.